The fourth-order valence-corrected chi connectivity index (χ4v) is 1.75. The summed E-state index contributed by atoms with van der Waals surface area (Å²) in [5, 5.41) is 9.00. The van der Waals surface area contributed by atoms with Crippen LogP contribution in [0.3, 0.4) is 0 Å². The van der Waals surface area contributed by atoms with E-state index < -0.39 is 17.4 Å². The van der Waals surface area contributed by atoms with Gasteiger partial charge in [-0.3, -0.25) is 0 Å². The second kappa shape index (κ2) is 4.37. The van der Waals surface area contributed by atoms with Crippen LogP contribution in [0.1, 0.15) is 0 Å². The largest absolute Gasteiger partial charge is 0.505 e. The number of halogens is 3. The molecule has 4 heteroatoms. The van der Waals surface area contributed by atoms with E-state index in [4.69, 9.17) is 5.11 Å². The molecule has 0 spiro atoms. The van der Waals surface area contributed by atoms with Gasteiger partial charge in [0.1, 0.15) is 0 Å². The molecule has 0 heterocycles. The first kappa shape index (κ1) is 11.3. The summed E-state index contributed by atoms with van der Waals surface area (Å²) in [6.45, 7) is 0. The van der Waals surface area contributed by atoms with Crippen molar-refractivity contribution in [1.29, 1.82) is 0 Å². The van der Waals surface area contributed by atoms with Crippen molar-refractivity contribution >= 4 is 22.6 Å². The van der Waals surface area contributed by atoms with Gasteiger partial charge in [0.15, 0.2) is 11.6 Å². The van der Waals surface area contributed by atoms with Gasteiger partial charge < -0.3 is 5.11 Å². The predicted molar refractivity (Wildman–Crippen MR) is 66.2 cm³/mol. The first-order chi connectivity index (χ1) is 7.59. The van der Waals surface area contributed by atoms with Gasteiger partial charge in [-0.1, -0.05) is 12.1 Å². The Morgan fingerprint density at radius 3 is 2.12 bits per heavy atom. The van der Waals surface area contributed by atoms with Crippen LogP contribution in [0.5, 0.6) is 5.75 Å². The Bertz CT molecular complexity index is 523. The van der Waals surface area contributed by atoms with E-state index in [0.717, 1.165) is 9.64 Å². The van der Waals surface area contributed by atoms with E-state index in [1.807, 2.05) is 0 Å². The Hall–Kier alpha value is -1.17. The molecule has 2 rings (SSSR count). The van der Waals surface area contributed by atoms with Gasteiger partial charge in [0.2, 0.25) is 5.82 Å². The van der Waals surface area contributed by atoms with Gasteiger partial charge >= 0.3 is 0 Å². The lowest BCUT2D eigenvalue weighted by molar-refractivity contribution is 0.408. The van der Waals surface area contributed by atoms with E-state index in [9.17, 15) is 8.78 Å². The van der Waals surface area contributed by atoms with Crippen LogP contribution < -0.4 is 0 Å². The maximum absolute atomic E-state index is 13.5. The molecule has 1 nitrogen and oxygen atoms in total. The van der Waals surface area contributed by atoms with Crippen molar-refractivity contribution in [3.8, 4) is 16.9 Å². The zero-order chi connectivity index (χ0) is 11.7. The second-order valence-electron chi connectivity index (χ2n) is 3.27. The average molecular weight is 332 g/mol. The fourth-order valence-electron chi connectivity index (χ4n) is 1.39. The fraction of sp³-hybridized carbons (Fsp3) is 0. The van der Waals surface area contributed by atoms with Crippen LogP contribution in [0, 0.1) is 15.2 Å². The average Bonchev–Trinajstić information content (AvgIpc) is 2.28. The number of hydrogen-bond acceptors (Lipinski definition) is 1. The molecule has 0 atom stereocenters. The molecule has 82 valence electrons. The molecule has 2 aromatic rings. The molecule has 16 heavy (non-hydrogen) atoms. The summed E-state index contributed by atoms with van der Waals surface area (Å²) in [6.07, 6.45) is 0. The zero-order valence-electron chi connectivity index (χ0n) is 8.05. The van der Waals surface area contributed by atoms with Crippen LogP contribution in [-0.2, 0) is 0 Å². The molecule has 0 amide bonds. The maximum Gasteiger partial charge on any atom is 0.200 e. The minimum Gasteiger partial charge on any atom is -0.505 e. The van der Waals surface area contributed by atoms with E-state index in [2.05, 4.69) is 22.6 Å². The van der Waals surface area contributed by atoms with Crippen molar-refractivity contribution in [1.82, 2.24) is 0 Å². The first-order valence-corrected chi connectivity index (χ1v) is 5.60. The number of aromatic hydroxyl groups is 1. The SMILES string of the molecule is Oc1ccc(-c2ccc(I)cc2)c(F)c1F. The Morgan fingerprint density at radius 2 is 1.50 bits per heavy atom. The molecular weight excluding hydrogens is 325 g/mol. The third-order valence-corrected chi connectivity index (χ3v) is 2.94. The standard InChI is InChI=1S/C12H7F2IO/c13-11-9(5-6-10(16)12(11)14)7-1-3-8(15)4-2-7/h1-6,16H. The summed E-state index contributed by atoms with van der Waals surface area (Å²) in [7, 11) is 0. The molecule has 0 aliphatic heterocycles. The summed E-state index contributed by atoms with van der Waals surface area (Å²) >= 11 is 2.13. The van der Waals surface area contributed by atoms with Crippen LogP contribution in [0.25, 0.3) is 11.1 Å². The van der Waals surface area contributed by atoms with Gasteiger partial charge in [-0.15, -0.1) is 0 Å². The van der Waals surface area contributed by atoms with Crippen LogP contribution >= 0.6 is 22.6 Å². The summed E-state index contributed by atoms with van der Waals surface area (Å²) in [5.74, 6) is -2.91. The summed E-state index contributed by atoms with van der Waals surface area (Å²) < 4.78 is 27.7. The number of benzene rings is 2. The monoisotopic (exact) mass is 332 g/mol. The molecular formula is C12H7F2IO. The number of phenolic OH excluding ortho intramolecular Hbond substituents is 1. The highest BCUT2D eigenvalue weighted by molar-refractivity contribution is 14.1. The summed E-state index contributed by atoms with van der Waals surface area (Å²) in [5.41, 5.74) is 0.725. The maximum atomic E-state index is 13.5. The molecule has 2 aromatic carbocycles. The molecule has 0 unspecified atom stereocenters. The van der Waals surface area contributed by atoms with Gasteiger partial charge in [0.05, 0.1) is 0 Å². The highest BCUT2D eigenvalue weighted by atomic mass is 127. The van der Waals surface area contributed by atoms with Crippen molar-refractivity contribution in [2.45, 2.75) is 0 Å². The Labute approximate surface area is 105 Å². The van der Waals surface area contributed by atoms with Gasteiger partial charge in [0.25, 0.3) is 0 Å². The Balaban J connectivity index is 2.57. The van der Waals surface area contributed by atoms with Gasteiger partial charge in [0, 0.05) is 9.13 Å². The van der Waals surface area contributed by atoms with Crippen molar-refractivity contribution in [2.75, 3.05) is 0 Å². The third-order valence-electron chi connectivity index (χ3n) is 2.22. The predicted octanol–water partition coefficient (Wildman–Crippen LogP) is 3.94. The summed E-state index contributed by atoms with van der Waals surface area (Å²) in [4.78, 5) is 0. The lowest BCUT2D eigenvalue weighted by Crippen LogP contribution is -1.90. The van der Waals surface area contributed by atoms with E-state index in [0.29, 0.717) is 5.56 Å². The molecule has 0 aliphatic rings. The molecule has 0 bridgehead atoms. The molecule has 0 aliphatic carbocycles. The minimum atomic E-state index is -1.21. The zero-order valence-corrected chi connectivity index (χ0v) is 10.2. The van der Waals surface area contributed by atoms with E-state index >= 15 is 0 Å². The molecule has 0 aromatic heterocycles. The Kier molecular flexibility index (Phi) is 3.09. The molecule has 0 fully saturated rings. The molecule has 1 N–H and O–H groups in total. The van der Waals surface area contributed by atoms with Crippen LogP contribution in [0.2, 0.25) is 0 Å². The molecule has 0 saturated heterocycles. The van der Waals surface area contributed by atoms with Crippen LogP contribution in [0.4, 0.5) is 8.78 Å². The smallest absolute Gasteiger partial charge is 0.200 e. The van der Waals surface area contributed by atoms with E-state index in [-0.39, 0.29) is 5.56 Å². The highest BCUT2D eigenvalue weighted by Gasteiger charge is 2.13. The van der Waals surface area contributed by atoms with Gasteiger partial charge in [-0.2, -0.15) is 4.39 Å². The van der Waals surface area contributed by atoms with Crippen LogP contribution in [0.15, 0.2) is 36.4 Å². The minimum absolute atomic E-state index is 0.145. The van der Waals surface area contributed by atoms with Crippen LogP contribution in [-0.4, -0.2) is 5.11 Å². The topological polar surface area (TPSA) is 20.2 Å². The lowest BCUT2D eigenvalue weighted by Gasteiger charge is -2.05. The van der Waals surface area contributed by atoms with Gasteiger partial charge in [-0.25, -0.2) is 4.39 Å². The van der Waals surface area contributed by atoms with Crippen molar-refractivity contribution in [2.24, 2.45) is 0 Å². The van der Waals surface area contributed by atoms with E-state index in [1.165, 1.54) is 6.07 Å². The van der Waals surface area contributed by atoms with E-state index in [1.54, 1.807) is 24.3 Å². The van der Waals surface area contributed by atoms with Gasteiger partial charge in [-0.05, 0) is 52.4 Å². The lowest BCUT2D eigenvalue weighted by atomic mass is 10.0. The van der Waals surface area contributed by atoms with Crippen molar-refractivity contribution < 1.29 is 13.9 Å². The first-order valence-electron chi connectivity index (χ1n) is 4.52. The highest BCUT2D eigenvalue weighted by Crippen LogP contribution is 2.29. The van der Waals surface area contributed by atoms with Crippen molar-refractivity contribution in [3.63, 3.8) is 0 Å². The second-order valence-corrected chi connectivity index (χ2v) is 4.51. The number of phenols is 1. The number of hydrogen-bond donors (Lipinski definition) is 1. The third kappa shape index (κ3) is 2.02. The van der Waals surface area contributed by atoms with Crippen molar-refractivity contribution in [3.05, 3.63) is 51.6 Å². The Morgan fingerprint density at radius 1 is 0.875 bits per heavy atom. The molecule has 0 radical (unpaired) electrons. The quantitative estimate of drug-likeness (QED) is 0.785. The normalized spacial score (nSPS) is 10.4. The molecule has 0 saturated carbocycles. The number of rotatable bonds is 1. The summed E-state index contributed by atoms with van der Waals surface area (Å²) in [6, 6.07) is 9.52.